The first-order valence-corrected chi connectivity index (χ1v) is 20.0. The van der Waals surface area contributed by atoms with Crippen LogP contribution in [-0.4, -0.2) is 163 Å². The summed E-state index contributed by atoms with van der Waals surface area (Å²) < 4.78 is 50.6. The molecule has 0 aromatic heterocycles. The fourth-order valence-corrected chi connectivity index (χ4v) is 9.06. The molecule has 15 nitrogen and oxygen atoms in total. The lowest BCUT2D eigenvalue weighted by Gasteiger charge is -2.50. The molecule has 55 heavy (non-hydrogen) atoms. The van der Waals surface area contributed by atoms with Gasteiger partial charge in [0.25, 0.3) is 0 Å². The normalized spacial score (nSPS) is 47.0. The molecule has 0 aromatic carbocycles. The van der Waals surface area contributed by atoms with Crippen molar-refractivity contribution in [3.63, 3.8) is 0 Å². The van der Waals surface area contributed by atoms with E-state index in [4.69, 9.17) is 37.9 Å². The number of hydrogen-bond acceptors (Lipinski definition) is 15. The van der Waals surface area contributed by atoms with Crippen molar-refractivity contribution in [3.05, 3.63) is 0 Å². The summed E-state index contributed by atoms with van der Waals surface area (Å²) in [4.78, 5) is 30.3. The number of carbonyl (C=O) groups is 2. The van der Waals surface area contributed by atoms with Crippen molar-refractivity contribution in [3.8, 4) is 0 Å². The van der Waals surface area contributed by atoms with Gasteiger partial charge < -0.3 is 63.2 Å². The predicted molar refractivity (Wildman–Crippen MR) is 202 cm³/mol. The van der Waals surface area contributed by atoms with E-state index in [1.54, 1.807) is 41.7 Å². The molecule has 0 bridgehead atoms. The first kappa shape index (κ1) is 48.0. The van der Waals surface area contributed by atoms with Gasteiger partial charge in [-0.2, -0.15) is 0 Å². The number of likely N-dealkylation sites (N-methyl/N-ethyl adjacent to an activating group) is 1. The smallest absolute Gasteiger partial charge is 0.311 e. The molecular formula is C40H73NO14. The number of Topliss-reactive ketones (excluding diaryl/α,β-unsaturated/α-hetero) is 1. The number of hydrogen-bond donors (Lipinski definition) is 4. The van der Waals surface area contributed by atoms with E-state index in [1.165, 1.54) is 14.0 Å². The Hall–Kier alpha value is -1.34. The van der Waals surface area contributed by atoms with Crippen molar-refractivity contribution in [2.45, 2.75) is 179 Å². The Morgan fingerprint density at radius 2 is 1.47 bits per heavy atom. The van der Waals surface area contributed by atoms with Crippen LogP contribution in [0, 0.1) is 23.7 Å². The molecule has 3 aliphatic rings. The lowest BCUT2D eigenvalue weighted by Crippen LogP contribution is -2.61. The van der Waals surface area contributed by atoms with E-state index in [9.17, 15) is 30.0 Å². The van der Waals surface area contributed by atoms with Crippen molar-refractivity contribution in [1.29, 1.82) is 0 Å². The molecule has 0 aliphatic carbocycles. The molecule has 3 rings (SSSR count). The van der Waals surface area contributed by atoms with E-state index in [-0.39, 0.29) is 50.4 Å². The molecule has 15 heteroatoms. The Balaban J connectivity index is 2.21. The van der Waals surface area contributed by atoms with Crippen LogP contribution in [0.1, 0.15) is 94.9 Å². The highest BCUT2D eigenvalue weighted by molar-refractivity contribution is 5.83. The summed E-state index contributed by atoms with van der Waals surface area (Å²) in [5, 5.41) is 44.3. The molecule has 0 amide bonds. The minimum Gasteiger partial charge on any atom is -0.459 e. The summed E-state index contributed by atoms with van der Waals surface area (Å²) in [6.07, 6.45) is -8.14. The topological polar surface area (TPSA) is 192 Å². The zero-order valence-corrected chi connectivity index (χ0v) is 35.7. The highest BCUT2D eigenvalue weighted by Gasteiger charge is 2.54. The lowest BCUT2D eigenvalue weighted by molar-refractivity contribution is -0.322. The minimum absolute atomic E-state index is 0.0825. The highest BCUT2D eigenvalue weighted by Crippen LogP contribution is 2.42. The van der Waals surface area contributed by atoms with Crippen LogP contribution in [-0.2, 0) is 47.5 Å². The van der Waals surface area contributed by atoms with Crippen LogP contribution in [0.2, 0.25) is 0 Å². The van der Waals surface area contributed by atoms with Crippen LogP contribution in [0.15, 0.2) is 0 Å². The maximum atomic E-state index is 14.3. The molecule has 0 saturated carbocycles. The molecule has 3 saturated heterocycles. The van der Waals surface area contributed by atoms with Crippen LogP contribution in [0.4, 0.5) is 0 Å². The standard InChI is InChI=1S/C40H73NO14/c1-15-28-40(10,47)33(45)23(4)30(43)21(2)19-38(8,48-13)34(55-37-31(44)27(41(11)12)18-22(3)51-37)24(5)32(25(6)36(46)53-28)54-29-20-39(9,49-14)35(26(7)52-29)50-17-16-42/h21-29,31-35,37,42,44-45,47H,15-20H2,1-14H3/t21-,22-,23+,24+,25-,26+,27+,28-,29+,31-,32+,33-,34-,35+,37+,38-,39-,40-/m1/s1. The summed E-state index contributed by atoms with van der Waals surface area (Å²) >= 11 is 0. The number of ketones is 1. The van der Waals surface area contributed by atoms with Gasteiger partial charge in [0.05, 0.1) is 60.9 Å². The number of cyclic esters (lactones) is 1. The molecule has 0 radical (unpaired) electrons. The van der Waals surface area contributed by atoms with Crippen molar-refractivity contribution in [2.75, 3.05) is 41.5 Å². The van der Waals surface area contributed by atoms with Gasteiger partial charge in [-0.1, -0.05) is 27.7 Å². The SMILES string of the molecule is CC[C@H]1OC(=O)[C@H](C)[C@@H](O[C@H]2C[C@@](C)(OC)[C@@H](OCCO)[C@H](C)O2)[C@H](C)[C@@H](O[C@@H]2O[C@H](C)C[C@H](N(C)C)[C@H]2O)[C@](C)(OC)C[C@@H](C)C(=O)[C@H](C)[C@@H](O)[C@]1(C)O. The van der Waals surface area contributed by atoms with Crippen LogP contribution in [0.25, 0.3) is 0 Å². The number of aliphatic hydroxyl groups excluding tert-OH is 3. The maximum absolute atomic E-state index is 14.3. The van der Waals surface area contributed by atoms with E-state index < -0.39 is 102 Å². The molecular weight excluding hydrogens is 718 g/mol. The van der Waals surface area contributed by atoms with E-state index in [1.807, 2.05) is 46.7 Å². The zero-order valence-electron chi connectivity index (χ0n) is 35.7. The second-order valence-corrected chi connectivity index (χ2v) is 17.2. The molecule has 0 aromatic rings. The maximum Gasteiger partial charge on any atom is 0.311 e. The Kier molecular flexibility index (Phi) is 17.1. The van der Waals surface area contributed by atoms with Gasteiger partial charge >= 0.3 is 5.97 Å². The average molecular weight is 792 g/mol. The molecule has 3 heterocycles. The molecule has 18 atom stereocenters. The van der Waals surface area contributed by atoms with Crippen LogP contribution < -0.4 is 0 Å². The van der Waals surface area contributed by atoms with Crippen LogP contribution >= 0.6 is 0 Å². The number of esters is 1. The van der Waals surface area contributed by atoms with Crippen molar-refractivity contribution in [1.82, 2.24) is 4.90 Å². The molecule has 0 unspecified atom stereocenters. The van der Waals surface area contributed by atoms with Crippen molar-refractivity contribution < 1.29 is 67.9 Å². The van der Waals surface area contributed by atoms with Gasteiger partial charge in [0.1, 0.15) is 29.7 Å². The average Bonchev–Trinajstić information content (AvgIpc) is 3.13. The fourth-order valence-electron chi connectivity index (χ4n) is 9.06. The van der Waals surface area contributed by atoms with E-state index in [2.05, 4.69) is 0 Å². The number of carbonyl (C=O) groups excluding carboxylic acids is 2. The third kappa shape index (κ3) is 10.6. The predicted octanol–water partition coefficient (Wildman–Crippen LogP) is 2.46. The summed E-state index contributed by atoms with van der Waals surface area (Å²) in [5.74, 6) is -4.48. The van der Waals surface area contributed by atoms with Gasteiger partial charge in [0, 0.05) is 44.4 Å². The quantitative estimate of drug-likeness (QED) is 0.223. The lowest BCUT2D eigenvalue weighted by atomic mass is 9.74. The highest BCUT2D eigenvalue weighted by atomic mass is 16.7. The van der Waals surface area contributed by atoms with Crippen LogP contribution in [0.5, 0.6) is 0 Å². The third-order valence-corrected chi connectivity index (χ3v) is 12.6. The fraction of sp³-hybridized carbons (Fsp3) is 0.950. The second-order valence-electron chi connectivity index (χ2n) is 17.2. The Labute approximate surface area is 328 Å². The largest absolute Gasteiger partial charge is 0.459 e. The number of rotatable bonds is 11. The molecule has 3 aliphatic heterocycles. The van der Waals surface area contributed by atoms with Gasteiger partial charge in [-0.15, -0.1) is 0 Å². The second kappa shape index (κ2) is 19.6. The number of aliphatic hydroxyl groups is 4. The Morgan fingerprint density at radius 3 is 2.02 bits per heavy atom. The number of ether oxygens (including phenoxy) is 8. The molecule has 0 spiro atoms. The number of methoxy groups -OCH3 is 2. The van der Waals surface area contributed by atoms with E-state index in [0.717, 1.165) is 0 Å². The Bertz CT molecular complexity index is 1240. The molecule has 4 N–H and O–H groups in total. The summed E-state index contributed by atoms with van der Waals surface area (Å²) in [5.41, 5.74) is -4.14. The van der Waals surface area contributed by atoms with Gasteiger partial charge in [-0.05, 0) is 74.9 Å². The summed E-state index contributed by atoms with van der Waals surface area (Å²) in [6, 6.07) is -0.288. The summed E-state index contributed by atoms with van der Waals surface area (Å²) in [6.45, 7) is 17.2. The Morgan fingerprint density at radius 1 is 0.873 bits per heavy atom. The van der Waals surface area contributed by atoms with Crippen LogP contribution in [0.3, 0.4) is 0 Å². The van der Waals surface area contributed by atoms with Crippen molar-refractivity contribution in [2.24, 2.45) is 23.7 Å². The van der Waals surface area contributed by atoms with Gasteiger partial charge in [0.15, 0.2) is 12.6 Å². The van der Waals surface area contributed by atoms with Gasteiger partial charge in [0.2, 0.25) is 0 Å². The third-order valence-electron chi connectivity index (χ3n) is 12.6. The summed E-state index contributed by atoms with van der Waals surface area (Å²) in [7, 11) is 6.84. The molecule has 3 fully saturated rings. The first-order chi connectivity index (χ1) is 25.5. The van der Waals surface area contributed by atoms with Crippen molar-refractivity contribution >= 4 is 11.8 Å². The minimum atomic E-state index is -1.97. The van der Waals surface area contributed by atoms with E-state index >= 15 is 0 Å². The molecule has 322 valence electrons. The van der Waals surface area contributed by atoms with Gasteiger partial charge in [-0.25, -0.2) is 0 Å². The zero-order chi connectivity index (χ0) is 41.8. The van der Waals surface area contributed by atoms with E-state index in [0.29, 0.717) is 6.42 Å². The monoisotopic (exact) mass is 792 g/mol. The first-order valence-electron chi connectivity index (χ1n) is 20.0. The number of nitrogens with zero attached hydrogens (tertiary/aromatic N) is 1. The van der Waals surface area contributed by atoms with Gasteiger partial charge in [-0.3, -0.25) is 9.59 Å².